The number of fused-ring (bicyclic) bond motifs is 1. The van der Waals surface area contributed by atoms with Crippen molar-refractivity contribution in [1.82, 2.24) is 15.6 Å². The van der Waals surface area contributed by atoms with Crippen molar-refractivity contribution in [1.29, 1.82) is 0 Å². The van der Waals surface area contributed by atoms with Gasteiger partial charge in [0.25, 0.3) is 5.91 Å². The average molecular weight is 418 g/mol. The molecular weight excluding hydrogens is 391 g/mol. The number of hydrogen-bond donors (Lipinski definition) is 4. The summed E-state index contributed by atoms with van der Waals surface area (Å²) in [6.45, 7) is 2.30. The molecular formula is C20H27FN6O3. The fourth-order valence-corrected chi connectivity index (χ4v) is 4.29. The van der Waals surface area contributed by atoms with Crippen LogP contribution in [0.15, 0.2) is 38.6 Å². The van der Waals surface area contributed by atoms with Crippen LogP contribution in [0.4, 0.5) is 4.39 Å². The molecule has 1 amide bonds. The van der Waals surface area contributed by atoms with Crippen LogP contribution >= 0.6 is 0 Å². The molecule has 9 nitrogen and oxygen atoms in total. The summed E-state index contributed by atoms with van der Waals surface area (Å²) in [5, 5.41) is 27.4. The molecule has 1 fully saturated rings. The molecule has 4 N–H and O–H groups in total. The van der Waals surface area contributed by atoms with Crippen molar-refractivity contribution in [2.45, 2.75) is 50.6 Å². The van der Waals surface area contributed by atoms with Crippen molar-refractivity contribution >= 4 is 23.8 Å². The first kappa shape index (κ1) is 20.8. The molecule has 30 heavy (non-hydrogen) atoms. The molecule has 162 valence electrons. The molecule has 0 saturated heterocycles. The van der Waals surface area contributed by atoms with E-state index in [0.29, 0.717) is 31.6 Å². The van der Waals surface area contributed by atoms with E-state index in [4.69, 9.17) is 0 Å². The van der Waals surface area contributed by atoms with Gasteiger partial charge in [0, 0.05) is 19.6 Å². The number of likely N-dealkylation sites (N-methyl/N-ethyl adjacent to an activating group) is 1. The Kier molecular flexibility index (Phi) is 5.81. The van der Waals surface area contributed by atoms with Gasteiger partial charge in [0.05, 0.1) is 12.2 Å². The Balaban J connectivity index is 1.47. The minimum absolute atomic E-state index is 0.157. The Morgan fingerprint density at radius 2 is 2.20 bits per heavy atom. The molecule has 0 aromatic rings. The van der Waals surface area contributed by atoms with Gasteiger partial charge in [-0.1, -0.05) is 6.92 Å². The third-order valence-electron chi connectivity index (χ3n) is 6.19. The first-order valence-electron chi connectivity index (χ1n) is 10.2. The van der Waals surface area contributed by atoms with Gasteiger partial charge in [-0.25, -0.2) is 9.38 Å². The van der Waals surface area contributed by atoms with Crippen LogP contribution in [0, 0.1) is 11.8 Å². The first-order chi connectivity index (χ1) is 14.3. The fourth-order valence-electron chi connectivity index (χ4n) is 4.29. The standard InChI is InChI=1S/C20H27FN6O3/c1-10-3-4-12(21)7-11(10)8-27(2)20(30)16-15-18(22-9-23-19(15)26-25-16)24-13-5-6-14(28)17(13)29/h4,7,9-10,13-15,17-18,24,28-29H,3,5-6,8H2,1-2H3,(H,22,23,26)/t10?,13-,14-,15?,17+,18?/m1/s1. The summed E-state index contributed by atoms with van der Waals surface area (Å²) in [6, 6.07) is -0.334. The summed E-state index contributed by atoms with van der Waals surface area (Å²) < 4.78 is 13.7. The highest BCUT2D eigenvalue weighted by Crippen LogP contribution is 2.27. The van der Waals surface area contributed by atoms with Crippen molar-refractivity contribution in [3.63, 3.8) is 0 Å². The van der Waals surface area contributed by atoms with Gasteiger partial charge >= 0.3 is 0 Å². The zero-order valence-electron chi connectivity index (χ0n) is 17.0. The van der Waals surface area contributed by atoms with Crippen LogP contribution in [0.25, 0.3) is 0 Å². The third kappa shape index (κ3) is 3.94. The normalized spacial score (nSPS) is 35.1. The molecule has 0 aromatic carbocycles. The summed E-state index contributed by atoms with van der Waals surface area (Å²) >= 11 is 0. The molecule has 0 bridgehead atoms. The largest absolute Gasteiger partial charge is 0.390 e. The lowest BCUT2D eigenvalue weighted by atomic mass is 9.92. The van der Waals surface area contributed by atoms with E-state index >= 15 is 0 Å². The highest BCUT2D eigenvalue weighted by molar-refractivity contribution is 6.45. The molecule has 4 rings (SSSR count). The van der Waals surface area contributed by atoms with Crippen molar-refractivity contribution in [2.75, 3.05) is 13.6 Å². The van der Waals surface area contributed by atoms with E-state index in [-0.39, 0.29) is 29.4 Å². The third-order valence-corrected chi connectivity index (χ3v) is 6.19. The second-order valence-electron chi connectivity index (χ2n) is 8.32. The summed E-state index contributed by atoms with van der Waals surface area (Å²) in [5.74, 6) is -0.432. The van der Waals surface area contributed by atoms with Crippen molar-refractivity contribution in [2.24, 2.45) is 26.9 Å². The Morgan fingerprint density at radius 3 is 2.93 bits per heavy atom. The number of halogens is 1. The molecule has 2 aliphatic heterocycles. The molecule has 1 saturated carbocycles. The number of nitrogens with zero attached hydrogens (tertiary/aromatic N) is 4. The molecule has 0 aromatic heterocycles. The van der Waals surface area contributed by atoms with E-state index in [1.807, 2.05) is 6.92 Å². The fraction of sp³-hybridized carbons (Fsp3) is 0.600. The lowest BCUT2D eigenvalue weighted by Crippen LogP contribution is -2.53. The van der Waals surface area contributed by atoms with Gasteiger partial charge in [0.15, 0.2) is 0 Å². The first-order valence-corrected chi connectivity index (χ1v) is 10.2. The molecule has 10 heteroatoms. The molecule has 0 radical (unpaired) electrons. The maximum Gasteiger partial charge on any atom is 0.270 e. The Morgan fingerprint density at radius 1 is 1.40 bits per heavy atom. The number of aliphatic hydroxyl groups excluding tert-OH is 2. The lowest BCUT2D eigenvalue weighted by Gasteiger charge is -2.30. The van der Waals surface area contributed by atoms with E-state index in [1.165, 1.54) is 17.3 Å². The number of amides is 1. The van der Waals surface area contributed by atoms with Crippen LogP contribution in [-0.4, -0.2) is 76.9 Å². The molecule has 2 aliphatic carbocycles. The number of aliphatic imine (C=N–C) groups is 2. The number of hydrazone groups is 1. The van der Waals surface area contributed by atoms with Gasteiger partial charge in [-0.2, -0.15) is 5.10 Å². The summed E-state index contributed by atoms with van der Waals surface area (Å²) in [7, 11) is 1.66. The Labute approximate surface area is 174 Å². The minimum Gasteiger partial charge on any atom is -0.390 e. The highest BCUT2D eigenvalue weighted by atomic mass is 19.1. The van der Waals surface area contributed by atoms with Crippen LogP contribution in [-0.2, 0) is 4.79 Å². The van der Waals surface area contributed by atoms with Crippen LogP contribution in [0.5, 0.6) is 0 Å². The van der Waals surface area contributed by atoms with E-state index in [1.54, 1.807) is 13.1 Å². The number of carbonyl (C=O) groups excluding carboxylic acids is 1. The summed E-state index contributed by atoms with van der Waals surface area (Å²) in [6.07, 6.45) is 3.94. The van der Waals surface area contributed by atoms with Crippen molar-refractivity contribution < 1.29 is 19.4 Å². The van der Waals surface area contributed by atoms with Crippen LogP contribution in [0.1, 0.15) is 26.2 Å². The van der Waals surface area contributed by atoms with Gasteiger partial charge in [-0.3, -0.25) is 20.5 Å². The molecule has 3 unspecified atom stereocenters. The second-order valence-corrected chi connectivity index (χ2v) is 8.32. The number of aliphatic hydroxyl groups is 2. The topological polar surface area (TPSA) is 122 Å². The number of hydrogen-bond acceptors (Lipinski definition) is 8. The molecule has 4 aliphatic rings. The zero-order chi connectivity index (χ0) is 21.4. The maximum absolute atomic E-state index is 13.7. The highest BCUT2D eigenvalue weighted by Gasteiger charge is 2.44. The number of allylic oxidation sites excluding steroid dienone is 3. The monoisotopic (exact) mass is 418 g/mol. The van der Waals surface area contributed by atoms with Gasteiger partial charge in [-0.15, -0.1) is 0 Å². The van der Waals surface area contributed by atoms with Crippen LogP contribution in [0.3, 0.4) is 0 Å². The predicted octanol–water partition coefficient (Wildman–Crippen LogP) is 0.0801. The Hall–Kier alpha value is -2.43. The van der Waals surface area contributed by atoms with Crippen LogP contribution < -0.4 is 10.7 Å². The number of nitrogens with one attached hydrogen (secondary N) is 2. The average Bonchev–Trinajstić information content (AvgIpc) is 3.29. The van der Waals surface area contributed by atoms with Crippen molar-refractivity contribution in [3.05, 3.63) is 23.6 Å². The quantitative estimate of drug-likeness (QED) is 0.504. The number of rotatable bonds is 5. The lowest BCUT2D eigenvalue weighted by molar-refractivity contribution is -0.122. The number of amidine groups is 1. The van der Waals surface area contributed by atoms with Gasteiger partial charge in [0.2, 0.25) is 0 Å². The predicted molar refractivity (Wildman–Crippen MR) is 111 cm³/mol. The number of carbonyl (C=O) groups is 1. The summed E-state index contributed by atoms with van der Waals surface area (Å²) in [5.41, 5.74) is 3.92. The van der Waals surface area contributed by atoms with E-state index in [0.717, 1.165) is 5.57 Å². The zero-order valence-corrected chi connectivity index (χ0v) is 17.0. The minimum atomic E-state index is -0.890. The SMILES string of the molecule is CC1CC=C(F)C=C1CN(C)C(=O)C1=NNC2=NC=NC(N[C@@H]3CC[C@@H](O)[C@H]3O)C21. The second kappa shape index (κ2) is 8.37. The Bertz CT molecular complexity index is 867. The van der Waals surface area contributed by atoms with Crippen LogP contribution in [0.2, 0.25) is 0 Å². The molecule has 6 atom stereocenters. The van der Waals surface area contributed by atoms with Gasteiger partial charge in [0.1, 0.15) is 35.8 Å². The van der Waals surface area contributed by atoms with E-state index in [9.17, 15) is 19.4 Å². The van der Waals surface area contributed by atoms with Gasteiger partial charge in [-0.05, 0) is 42.9 Å². The van der Waals surface area contributed by atoms with Gasteiger partial charge < -0.3 is 15.1 Å². The summed E-state index contributed by atoms with van der Waals surface area (Å²) in [4.78, 5) is 23.2. The molecule has 2 heterocycles. The van der Waals surface area contributed by atoms with E-state index < -0.39 is 24.3 Å². The molecule has 0 spiro atoms. The van der Waals surface area contributed by atoms with Crippen molar-refractivity contribution in [3.8, 4) is 0 Å². The maximum atomic E-state index is 13.7. The van der Waals surface area contributed by atoms with E-state index in [2.05, 4.69) is 25.8 Å². The smallest absolute Gasteiger partial charge is 0.270 e.